The van der Waals surface area contributed by atoms with Gasteiger partial charge in [-0.3, -0.25) is 0 Å². The predicted molar refractivity (Wildman–Crippen MR) is 119 cm³/mol. The third-order valence-corrected chi connectivity index (χ3v) is 5.49. The van der Waals surface area contributed by atoms with Gasteiger partial charge in [0.15, 0.2) is 0 Å². The molecule has 1 atom stereocenters. The Morgan fingerprint density at radius 3 is 1.83 bits per heavy atom. The molecule has 0 bridgehead atoms. The zero-order valence-electron chi connectivity index (χ0n) is 20.5. The van der Waals surface area contributed by atoms with Gasteiger partial charge in [-0.15, -0.1) is 0 Å². The number of hydrogen-bond donors (Lipinski definition) is 2. The summed E-state index contributed by atoms with van der Waals surface area (Å²) in [5.74, 6) is -15.2. The van der Waals surface area contributed by atoms with Crippen molar-refractivity contribution in [2.24, 2.45) is 5.92 Å². The van der Waals surface area contributed by atoms with E-state index in [0.717, 1.165) is 38.5 Å². The summed E-state index contributed by atoms with van der Waals surface area (Å²) < 4.78 is 82.2. The van der Waals surface area contributed by atoms with Crippen molar-refractivity contribution in [1.82, 2.24) is 5.32 Å². The Bertz CT molecular complexity index is 761. The molecule has 1 aromatic rings. The summed E-state index contributed by atoms with van der Waals surface area (Å²) in [7, 11) is 0. The lowest BCUT2D eigenvalue weighted by molar-refractivity contribution is -0.385. The maximum absolute atomic E-state index is 13.7. The van der Waals surface area contributed by atoms with E-state index in [4.69, 9.17) is 9.47 Å². The quantitative estimate of drug-likeness (QED) is 0.0836. The van der Waals surface area contributed by atoms with E-state index < -0.39 is 52.8 Å². The van der Waals surface area contributed by atoms with Crippen LogP contribution in [0.15, 0.2) is 0 Å². The molecule has 1 amide bonds. The van der Waals surface area contributed by atoms with Gasteiger partial charge < -0.3 is 24.6 Å². The maximum atomic E-state index is 13.7. The van der Waals surface area contributed by atoms with Crippen molar-refractivity contribution in [1.29, 1.82) is 0 Å². The van der Waals surface area contributed by atoms with Gasteiger partial charge in [0.2, 0.25) is 34.8 Å². The molecule has 0 radical (unpaired) electrons. The summed E-state index contributed by atoms with van der Waals surface area (Å²) in [4.78, 5) is 11.9. The minimum Gasteiger partial charge on any atom is -0.404 e. The molecule has 2 N–H and O–H groups in total. The molecule has 0 fully saturated rings. The largest absolute Gasteiger partial charge is 0.412 e. The Morgan fingerprint density at radius 1 is 0.800 bits per heavy atom. The number of rotatable bonds is 17. The number of carbonyl (C=O) groups excluding carboxylic acids is 1. The molecular weight excluding hydrogens is 477 g/mol. The summed E-state index contributed by atoms with van der Waals surface area (Å²) in [5.41, 5.74) is 0. The first-order valence-electron chi connectivity index (χ1n) is 12.1. The lowest BCUT2D eigenvalue weighted by Crippen LogP contribution is -2.44. The molecular formula is C24H36F5NO5. The predicted octanol–water partition coefficient (Wildman–Crippen LogP) is 6.34. The second kappa shape index (κ2) is 15.9. The highest BCUT2D eigenvalue weighted by molar-refractivity contribution is 5.70. The zero-order valence-corrected chi connectivity index (χ0v) is 20.5. The minimum atomic E-state index is -2.35. The monoisotopic (exact) mass is 513 g/mol. The highest BCUT2D eigenvalue weighted by Gasteiger charge is 2.38. The van der Waals surface area contributed by atoms with Gasteiger partial charge in [-0.25, -0.2) is 18.0 Å². The number of carbonyl (C=O) groups is 1. The van der Waals surface area contributed by atoms with Crippen molar-refractivity contribution in [2.75, 3.05) is 19.8 Å². The van der Waals surface area contributed by atoms with Gasteiger partial charge in [0.1, 0.15) is 0 Å². The highest BCUT2D eigenvalue weighted by Crippen LogP contribution is 2.31. The summed E-state index contributed by atoms with van der Waals surface area (Å²) in [6.45, 7) is 5.97. The minimum absolute atomic E-state index is 0.0461. The average Bonchev–Trinajstić information content (AvgIpc) is 2.82. The lowest BCUT2D eigenvalue weighted by Gasteiger charge is -2.35. The van der Waals surface area contributed by atoms with Crippen LogP contribution in [0.4, 0.5) is 26.7 Å². The van der Waals surface area contributed by atoms with Crippen LogP contribution in [-0.4, -0.2) is 36.9 Å². The zero-order chi connectivity index (χ0) is 26.4. The van der Waals surface area contributed by atoms with Gasteiger partial charge in [0.25, 0.3) is 5.97 Å². The van der Waals surface area contributed by atoms with E-state index in [1.165, 1.54) is 0 Å². The van der Waals surface area contributed by atoms with Crippen LogP contribution in [-0.2, 0) is 9.47 Å². The highest BCUT2D eigenvalue weighted by atomic mass is 19.2. The molecule has 0 spiro atoms. The number of aliphatic hydroxyl groups is 1. The number of benzene rings is 1. The van der Waals surface area contributed by atoms with Gasteiger partial charge in [-0.2, -0.15) is 8.78 Å². The molecule has 0 aromatic heterocycles. The van der Waals surface area contributed by atoms with E-state index in [9.17, 15) is 31.9 Å². The Labute approximate surface area is 203 Å². The Kier molecular flexibility index (Phi) is 14.1. The van der Waals surface area contributed by atoms with Gasteiger partial charge in [0, 0.05) is 25.7 Å². The molecule has 1 aromatic carbocycles. The van der Waals surface area contributed by atoms with Crippen LogP contribution in [0.25, 0.3) is 0 Å². The number of halogens is 5. The van der Waals surface area contributed by atoms with Crippen LogP contribution < -0.4 is 10.1 Å². The van der Waals surface area contributed by atoms with E-state index in [-0.39, 0.29) is 19.8 Å². The molecule has 0 aliphatic rings. The number of nitrogens with one attached hydrogen (secondary N) is 1. The second-order valence-corrected chi connectivity index (χ2v) is 8.11. The van der Waals surface area contributed by atoms with Crippen molar-refractivity contribution in [3.63, 3.8) is 0 Å². The molecule has 6 nitrogen and oxygen atoms in total. The van der Waals surface area contributed by atoms with E-state index >= 15 is 0 Å². The Balaban J connectivity index is 2.68. The normalized spacial score (nSPS) is 12.6. The fourth-order valence-corrected chi connectivity index (χ4v) is 3.71. The number of amides is 1. The topological polar surface area (TPSA) is 77.0 Å². The van der Waals surface area contributed by atoms with Crippen molar-refractivity contribution in [2.45, 2.75) is 84.5 Å². The second-order valence-electron chi connectivity index (χ2n) is 8.11. The first-order valence-corrected chi connectivity index (χ1v) is 12.1. The van der Waals surface area contributed by atoms with Crippen molar-refractivity contribution in [3.8, 4) is 5.75 Å². The van der Waals surface area contributed by atoms with Gasteiger partial charge in [0.05, 0.1) is 0 Å². The molecule has 202 valence electrons. The maximum Gasteiger partial charge on any atom is 0.412 e. The first-order chi connectivity index (χ1) is 16.6. The number of ether oxygens (including phenoxy) is 3. The van der Waals surface area contributed by atoms with Crippen LogP contribution in [0.3, 0.4) is 0 Å². The van der Waals surface area contributed by atoms with Crippen LogP contribution in [0.1, 0.15) is 78.6 Å². The fraction of sp³-hybridized carbons (Fsp3) is 0.708. The van der Waals surface area contributed by atoms with Crippen molar-refractivity contribution < 1.29 is 46.1 Å². The van der Waals surface area contributed by atoms with Gasteiger partial charge >= 0.3 is 6.09 Å². The van der Waals surface area contributed by atoms with E-state index in [1.807, 2.05) is 0 Å². The molecule has 35 heavy (non-hydrogen) atoms. The smallest absolute Gasteiger partial charge is 0.404 e. The summed E-state index contributed by atoms with van der Waals surface area (Å²) >= 11 is 0. The lowest BCUT2D eigenvalue weighted by atomic mass is 9.93. The average molecular weight is 514 g/mol. The number of hydrogen-bond acceptors (Lipinski definition) is 5. The van der Waals surface area contributed by atoms with E-state index in [2.05, 4.69) is 17.0 Å². The van der Waals surface area contributed by atoms with Crippen LogP contribution in [0, 0.1) is 35.0 Å². The van der Waals surface area contributed by atoms with Crippen molar-refractivity contribution >= 4 is 6.09 Å². The standard InChI is InChI=1S/C24H36F5NO5/c1-4-7-8-9-10-11-13-16(24(32,33-5-2)34-6-3)14-12-15-30-23(31)35-22-20(28)18(26)17(25)19(27)21(22)29/h16,32H,4-15H2,1-3H3,(H,30,31). The third-order valence-electron chi connectivity index (χ3n) is 5.49. The molecule has 0 saturated heterocycles. The van der Waals surface area contributed by atoms with E-state index in [1.54, 1.807) is 13.8 Å². The summed E-state index contributed by atoms with van der Waals surface area (Å²) in [6, 6.07) is 0. The van der Waals surface area contributed by atoms with Gasteiger partial charge in [-0.05, 0) is 33.1 Å². The van der Waals surface area contributed by atoms with Crippen LogP contribution in [0.2, 0.25) is 0 Å². The van der Waals surface area contributed by atoms with Crippen LogP contribution in [0.5, 0.6) is 5.75 Å². The van der Waals surface area contributed by atoms with Gasteiger partial charge in [-0.1, -0.05) is 45.4 Å². The van der Waals surface area contributed by atoms with Crippen molar-refractivity contribution in [3.05, 3.63) is 29.1 Å². The molecule has 0 saturated carbocycles. The number of unbranched alkanes of at least 4 members (excludes halogenated alkanes) is 5. The summed E-state index contributed by atoms with van der Waals surface area (Å²) in [5, 5.41) is 13.1. The Hall–Kier alpha value is -1.98. The molecule has 11 heteroatoms. The molecule has 0 aliphatic carbocycles. The van der Waals surface area contributed by atoms with Crippen LogP contribution >= 0.6 is 0 Å². The Morgan fingerprint density at radius 2 is 1.29 bits per heavy atom. The fourth-order valence-electron chi connectivity index (χ4n) is 3.71. The SMILES string of the molecule is CCCCCCCCC(CCCNC(=O)Oc1c(F)c(F)c(F)c(F)c1F)C(O)(OCC)OCC. The molecule has 0 aliphatic heterocycles. The third kappa shape index (κ3) is 9.53. The molecule has 0 heterocycles. The molecule has 1 unspecified atom stereocenters. The summed E-state index contributed by atoms with van der Waals surface area (Å²) in [6.07, 6.45) is 6.23. The molecule has 1 rings (SSSR count). The first kappa shape index (κ1) is 31.1. The van der Waals surface area contributed by atoms with E-state index in [0.29, 0.717) is 19.3 Å².